The lowest BCUT2D eigenvalue weighted by Gasteiger charge is -2.17. The van der Waals surface area contributed by atoms with Gasteiger partial charge in [-0.25, -0.2) is 0 Å². The smallest absolute Gasteiger partial charge is 0.166 e. The Bertz CT molecular complexity index is 881. The Morgan fingerprint density at radius 1 is 0.815 bits per heavy atom. The molecule has 6 heteroatoms. The van der Waals surface area contributed by atoms with Crippen LogP contribution in [-0.4, -0.2) is 0 Å². The molecular weight excluding hydrogens is 366 g/mol. The van der Waals surface area contributed by atoms with Crippen molar-refractivity contribution >= 4 is 6.08 Å². The third kappa shape index (κ3) is 3.75. The predicted octanol–water partition coefficient (Wildman–Crippen LogP) is 7.31. The number of hydrogen-bond acceptors (Lipinski definition) is 0. The Hall–Kier alpha value is -2.24. The fourth-order valence-electron chi connectivity index (χ4n) is 3.23. The van der Waals surface area contributed by atoms with Crippen LogP contribution in [0.4, 0.5) is 26.3 Å². The van der Waals surface area contributed by atoms with Crippen LogP contribution >= 0.6 is 0 Å². The highest BCUT2D eigenvalue weighted by atomic mass is 19.4. The first-order valence-corrected chi connectivity index (χ1v) is 8.37. The summed E-state index contributed by atoms with van der Waals surface area (Å²) < 4.78 is 79.3. The minimum Gasteiger partial charge on any atom is -0.166 e. The quantitative estimate of drug-likeness (QED) is 0.477. The highest BCUT2D eigenvalue weighted by Crippen LogP contribution is 2.43. The number of rotatable bonds is 2. The van der Waals surface area contributed by atoms with Gasteiger partial charge < -0.3 is 0 Å². The zero-order chi connectivity index (χ0) is 20.1. The van der Waals surface area contributed by atoms with E-state index in [-0.39, 0.29) is 17.5 Å². The molecule has 0 unspecified atom stereocenters. The van der Waals surface area contributed by atoms with Crippen LogP contribution in [0.15, 0.2) is 35.9 Å². The summed E-state index contributed by atoms with van der Waals surface area (Å²) in [5.41, 5.74) is 0.767. The molecule has 0 N–H and O–H groups in total. The van der Waals surface area contributed by atoms with Crippen LogP contribution in [-0.2, 0) is 12.4 Å². The van der Waals surface area contributed by atoms with E-state index in [1.165, 1.54) is 0 Å². The molecule has 143 valence electrons. The molecule has 3 rings (SSSR count). The largest absolute Gasteiger partial charge is 0.416 e. The number of allylic oxidation sites excluding steroid dienone is 1. The maximum atomic E-state index is 13.2. The summed E-state index contributed by atoms with van der Waals surface area (Å²) in [4.78, 5) is 0. The normalized spacial score (nSPS) is 14.5. The van der Waals surface area contributed by atoms with Crippen molar-refractivity contribution in [2.75, 3.05) is 0 Å². The highest BCUT2D eigenvalue weighted by molar-refractivity contribution is 5.85. The van der Waals surface area contributed by atoms with E-state index in [4.69, 9.17) is 0 Å². The van der Waals surface area contributed by atoms with Crippen LogP contribution < -0.4 is 0 Å². The molecule has 27 heavy (non-hydrogen) atoms. The van der Waals surface area contributed by atoms with E-state index in [0.29, 0.717) is 16.7 Å². The van der Waals surface area contributed by atoms with Gasteiger partial charge in [0.05, 0.1) is 11.1 Å². The molecular formula is C21H17F6. The standard InChI is InChI=1S/C21H17F6/c1-11(2)14-6-13-5-4-12(3)19(18(13)9-14)15-7-16(20(22,23)24)10-17(8-15)21(25,26)27/h4-11H,1-3H3. The molecule has 0 amide bonds. The fraction of sp³-hybridized carbons (Fsp3) is 0.286. The predicted molar refractivity (Wildman–Crippen MR) is 92.8 cm³/mol. The summed E-state index contributed by atoms with van der Waals surface area (Å²) in [5, 5.41) is 0. The van der Waals surface area contributed by atoms with E-state index in [1.807, 2.05) is 32.4 Å². The van der Waals surface area contributed by atoms with Gasteiger partial charge in [0.25, 0.3) is 0 Å². The van der Waals surface area contributed by atoms with Crippen molar-refractivity contribution < 1.29 is 26.3 Å². The van der Waals surface area contributed by atoms with Gasteiger partial charge in [0, 0.05) is 6.42 Å². The monoisotopic (exact) mass is 383 g/mol. The van der Waals surface area contributed by atoms with Crippen molar-refractivity contribution in [3.63, 3.8) is 0 Å². The molecule has 0 nitrogen and oxygen atoms in total. The molecule has 0 fully saturated rings. The Morgan fingerprint density at radius 3 is 1.85 bits per heavy atom. The second kappa shape index (κ2) is 6.43. The van der Waals surface area contributed by atoms with Crippen LogP contribution in [0.2, 0.25) is 0 Å². The lowest BCUT2D eigenvalue weighted by atomic mass is 9.90. The molecule has 1 radical (unpaired) electrons. The van der Waals surface area contributed by atoms with E-state index >= 15 is 0 Å². The summed E-state index contributed by atoms with van der Waals surface area (Å²) in [7, 11) is 0. The van der Waals surface area contributed by atoms with Gasteiger partial charge in [-0.3, -0.25) is 0 Å². The summed E-state index contributed by atoms with van der Waals surface area (Å²) in [5.74, 6) is 0.192. The SMILES string of the molecule is Cc1ccc2c(c1-c1cc(C(F)(F)F)cc(C(F)(F)F)c1)C=C(C(C)C)[CH]2. The first-order valence-electron chi connectivity index (χ1n) is 8.37. The molecule has 0 saturated heterocycles. The van der Waals surface area contributed by atoms with E-state index in [2.05, 4.69) is 0 Å². The number of halogens is 6. The van der Waals surface area contributed by atoms with Gasteiger partial charge in [-0.1, -0.05) is 37.6 Å². The Balaban J connectivity index is 2.28. The topological polar surface area (TPSA) is 0 Å². The third-order valence-electron chi connectivity index (χ3n) is 4.66. The maximum Gasteiger partial charge on any atom is 0.416 e. The van der Waals surface area contributed by atoms with Crippen LogP contribution in [0.3, 0.4) is 0 Å². The Kier molecular flexibility index (Phi) is 4.65. The molecule has 0 aliphatic heterocycles. The number of benzene rings is 2. The van der Waals surface area contributed by atoms with Gasteiger partial charge in [0.15, 0.2) is 0 Å². The molecule has 0 spiro atoms. The van der Waals surface area contributed by atoms with Gasteiger partial charge in [-0.15, -0.1) is 0 Å². The van der Waals surface area contributed by atoms with E-state index < -0.39 is 23.5 Å². The second-order valence-corrected chi connectivity index (χ2v) is 7.00. The fourth-order valence-corrected chi connectivity index (χ4v) is 3.23. The zero-order valence-electron chi connectivity index (χ0n) is 14.9. The minimum atomic E-state index is -4.87. The van der Waals surface area contributed by atoms with E-state index in [1.54, 1.807) is 13.0 Å². The van der Waals surface area contributed by atoms with E-state index in [9.17, 15) is 26.3 Å². The van der Waals surface area contributed by atoms with Gasteiger partial charge >= 0.3 is 12.4 Å². The summed E-state index contributed by atoms with van der Waals surface area (Å²) in [6.45, 7) is 5.64. The number of hydrogen-bond donors (Lipinski definition) is 0. The minimum absolute atomic E-state index is 0.0823. The Labute approximate surface area is 153 Å². The van der Waals surface area contributed by atoms with Crippen LogP contribution in [0.1, 0.15) is 41.7 Å². The van der Waals surface area contributed by atoms with Crippen molar-refractivity contribution in [2.45, 2.75) is 33.1 Å². The first kappa shape index (κ1) is 19.5. The van der Waals surface area contributed by atoms with Crippen molar-refractivity contribution in [2.24, 2.45) is 5.92 Å². The molecule has 0 saturated carbocycles. The molecule has 0 aromatic heterocycles. The lowest BCUT2D eigenvalue weighted by molar-refractivity contribution is -0.143. The van der Waals surface area contributed by atoms with Crippen molar-refractivity contribution in [1.29, 1.82) is 0 Å². The molecule has 0 atom stereocenters. The third-order valence-corrected chi connectivity index (χ3v) is 4.66. The van der Waals surface area contributed by atoms with Crippen LogP contribution in [0.5, 0.6) is 0 Å². The number of alkyl halides is 6. The summed E-state index contributed by atoms with van der Waals surface area (Å²) >= 11 is 0. The zero-order valence-corrected chi connectivity index (χ0v) is 14.9. The van der Waals surface area contributed by atoms with Gasteiger partial charge in [0.1, 0.15) is 0 Å². The number of aryl methyl sites for hydroxylation is 1. The molecule has 1 aliphatic carbocycles. The summed E-state index contributed by atoms with van der Waals surface area (Å²) in [6, 6.07) is 5.29. The van der Waals surface area contributed by atoms with Crippen molar-refractivity contribution in [3.8, 4) is 11.1 Å². The number of fused-ring (bicyclic) bond motifs is 1. The van der Waals surface area contributed by atoms with Crippen LogP contribution in [0, 0.1) is 19.3 Å². The Morgan fingerprint density at radius 2 is 1.37 bits per heavy atom. The molecule has 2 aromatic carbocycles. The van der Waals surface area contributed by atoms with Gasteiger partial charge in [-0.2, -0.15) is 26.3 Å². The molecule has 0 bridgehead atoms. The molecule has 0 heterocycles. The average Bonchev–Trinajstić information content (AvgIpc) is 2.97. The van der Waals surface area contributed by atoms with Crippen molar-refractivity contribution in [3.05, 3.63) is 70.1 Å². The maximum absolute atomic E-state index is 13.2. The molecule has 1 aliphatic rings. The van der Waals surface area contributed by atoms with E-state index in [0.717, 1.165) is 23.3 Å². The average molecular weight is 383 g/mol. The molecule has 2 aromatic rings. The van der Waals surface area contributed by atoms with Crippen molar-refractivity contribution in [1.82, 2.24) is 0 Å². The van der Waals surface area contributed by atoms with Gasteiger partial charge in [-0.05, 0) is 58.9 Å². The second-order valence-electron chi connectivity index (χ2n) is 7.00. The van der Waals surface area contributed by atoms with Crippen LogP contribution in [0.25, 0.3) is 17.2 Å². The first-order chi connectivity index (χ1) is 12.4. The lowest BCUT2D eigenvalue weighted by Crippen LogP contribution is -2.11. The highest BCUT2D eigenvalue weighted by Gasteiger charge is 2.37. The summed E-state index contributed by atoms with van der Waals surface area (Å²) in [6.07, 6.45) is -5.98. The van der Waals surface area contributed by atoms with Gasteiger partial charge in [0.2, 0.25) is 0 Å².